The standard InChI is InChI=1S/C28H28N4O/c1-21-14-16-24(17-15-21)26-29-18-25(28(33)32(3)20-23-12-8-5-9-13-23)27(30-26)31(2)19-22-10-6-4-7-11-22/h4-18H,19-20H2,1-3H3. The number of nitrogens with zero attached hydrogens (tertiary/aromatic N) is 4. The number of hydrogen-bond acceptors (Lipinski definition) is 4. The monoisotopic (exact) mass is 436 g/mol. The van der Waals surface area contributed by atoms with E-state index < -0.39 is 0 Å². The molecular formula is C28H28N4O. The molecule has 1 heterocycles. The van der Waals surface area contributed by atoms with E-state index in [0.29, 0.717) is 30.3 Å². The van der Waals surface area contributed by atoms with Crippen LogP contribution in [0.5, 0.6) is 0 Å². The van der Waals surface area contributed by atoms with Crippen LogP contribution < -0.4 is 4.90 Å². The van der Waals surface area contributed by atoms with Crippen LogP contribution in [0.15, 0.2) is 91.1 Å². The lowest BCUT2D eigenvalue weighted by Gasteiger charge is -2.24. The molecule has 1 aromatic heterocycles. The van der Waals surface area contributed by atoms with Crippen molar-refractivity contribution >= 4 is 11.7 Å². The van der Waals surface area contributed by atoms with Gasteiger partial charge < -0.3 is 9.80 Å². The second kappa shape index (κ2) is 10.1. The highest BCUT2D eigenvalue weighted by atomic mass is 16.2. The highest BCUT2D eigenvalue weighted by Crippen LogP contribution is 2.25. The number of hydrogen-bond donors (Lipinski definition) is 0. The summed E-state index contributed by atoms with van der Waals surface area (Å²) in [6, 6.07) is 28.2. The molecule has 3 aromatic carbocycles. The Bertz CT molecular complexity index is 1210. The minimum atomic E-state index is -0.107. The van der Waals surface area contributed by atoms with Gasteiger partial charge in [0.2, 0.25) is 0 Å². The first kappa shape index (κ1) is 22.2. The predicted molar refractivity (Wildman–Crippen MR) is 133 cm³/mol. The van der Waals surface area contributed by atoms with Gasteiger partial charge in [-0.1, -0.05) is 90.5 Å². The zero-order valence-electron chi connectivity index (χ0n) is 19.3. The number of rotatable bonds is 7. The molecule has 0 atom stereocenters. The first-order valence-electron chi connectivity index (χ1n) is 11.0. The highest BCUT2D eigenvalue weighted by Gasteiger charge is 2.22. The summed E-state index contributed by atoms with van der Waals surface area (Å²) in [5, 5.41) is 0. The fourth-order valence-corrected chi connectivity index (χ4v) is 3.72. The van der Waals surface area contributed by atoms with Gasteiger partial charge in [0.15, 0.2) is 5.82 Å². The number of carbonyl (C=O) groups excluding carboxylic acids is 1. The minimum Gasteiger partial charge on any atom is -0.355 e. The zero-order chi connectivity index (χ0) is 23.2. The number of benzene rings is 3. The zero-order valence-corrected chi connectivity index (χ0v) is 19.3. The molecule has 1 amide bonds. The van der Waals surface area contributed by atoms with E-state index >= 15 is 0 Å². The molecule has 33 heavy (non-hydrogen) atoms. The van der Waals surface area contributed by atoms with E-state index in [1.165, 1.54) is 5.56 Å². The second-order valence-electron chi connectivity index (χ2n) is 8.29. The Morgan fingerprint density at radius 3 is 1.97 bits per heavy atom. The lowest BCUT2D eigenvalue weighted by atomic mass is 10.1. The maximum absolute atomic E-state index is 13.4. The van der Waals surface area contributed by atoms with Gasteiger partial charge in [0.25, 0.3) is 5.91 Å². The smallest absolute Gasteiger partial charge is 0.259 e. The summed E-state index contributed by atoms with van der Waals surface area (Å²) < 4.78 is 0. The molecule has 0 aliphatic carbocycles. The SMILES string of the molecule is Cc1ccc(-c2ncc(C(=O)N(C)Cc3ccccc3)c(N(C)Cc3ccccc3)n2)cc1. The maximum atomic E-state index is 13.4. The molecule has 0 bridgehead atoms. The van der Waals surface area contributed by atoms with Crippen LogP contribution >= 0.6 is 0 Å². The van der Waals surface area contributed by atoms with Crippen LogP contribution in [0.3, 0.4) is 0 Å². The third kappa shape index (κ3) is 5.44. The molecule has 4 rings (SSSR count). The number of amides is 1. The summed E-state index contributed by atoms with van der Waals surface area (Å²) in [6.45, 7) is 3.20. The molecule has 0 saturated carbocycles. The Kier molecular flexibility index (Phi) is 6.79. The summed E-state index contributed by atoms with van der Waals surface area (Å²) in [7, 11) is 3.77. The maximum Gasteiger partial charge on any atom is 0.259 e. The van der Waals surface area contributed by atoms with Gasteiger partial charge in [0.1, 0.15) is 11.4 Å². The Balaban J connectivity index is 1.68. The molecule has 0 N–H and O–H groups in total. The molecule has 0 unspecified atom stereocenters. The molecule has 5 heteroatoms. The summed E-state index contributed by atoms with van der Waals surface area (Å²) in [6.07, 6.45) is 1.66. The second-order valence-corrected chi connectivity index (χ2v) is 8.29. The van der Waals surface area contributed by atoms with Crippen LogP contribution in [-0.2, 0) is 13.1 Å². The van der Waals surface area contributed by atoms with Gasteiger partial charge >= 0.3 is 0 Å². The van der Waals surface area contributed by atoms with Crippen LogP contribution in [0.4, 0.5) is 5.82 Å². The Morgan fingerprint density at radius 1 is 0.788 bits per heavy atom. The third-order valence-corrected chi connectivity index (χ3v) is 5.54. The van der Waals surface area contributed by atoms with Crippen LogP contribution in [0, 0.1) is 6.92 Å². The van der Waals surface area contributed by atoms with Gasteiger partial charge in [-0.15, -0.1) is 0 Å². The number of aryl methyl sites for hydroxylation is 1. The van der Waals surface area contributed by atoms with Gasteiger partial charge in [-0.2, -0.15) is 0 Å². The van der Waals surface area contributed by atoms with Gasteiger partial charge in [0.05, 0.1) is 0 Å². The van der Waals surface area contributed by atoms with E-state index in [2.05, 4.69) is 17.1 Å². The largest absolute Gasteiger partial charge is 0.355 e. The van der Waals surface area contributed by atoms with E-state index in [0.717, 1.165) is 16.7 Å². The van der Waals surface area contributed by atoms with Crippen molar-refractivity contribution < 1.29 is 4.79 Å². The Morgan fingerprint density at radius 2 is 1.36 bits per heavy atom. The molecule has 0 saturated heterocycles. The fraction of sp³-hybridized carbons (Fsp3) is 0.179. The van der Waals surface area contributed by atoms with Crippen molar-refractivity contribution in [1.82, 2.24) is 14.9 Å². The predicted octanol–water partition coefficient (Wildman–Crippen LogP) is 5.36. The van der Waals surface area contributed by atoms with Crippen LogP contribution in [0.2, 0.25) is 0 Å². The Hall–Kier alpha value is -3.99. The molecule has 0 fully saturated rings. The molecule has 0 radical (unpaired) electrons. The molecular weight excluding hydrogens is 408 g/mol. The average molecular weight is 437 g/mol. The topological polar surface area (TPSA) is 49.3 Å². The average Bonchev–Trinajstić information content (AvgIpc) is 2.85. The van der Waals surface area contributed by atoms with Gasteiger partial charge in [0, 0.05) is 38.9 Å². The van der Waals surface area contributed by atoms with Gasteiger partial charge in [-0.05, 0) is 18.1 Å². The van der Waals surface area contributed by atoms with Crippen molar-refractivity contribution in [3.63, 3.8) is 0 Å². The first-order chi connectivity index (χ1) is 16.0. The van der Waals surface area contributed by atoms with Crippen LogP contribution in [0.1, 0.15) is 27.0 Å². The quantitative estimate of drug-likeness (QED) is 0.391. The van der Waals surface area contributed by atoms with Gasteiger partial charge in [-0.25, -0.2) is 9.97 Å². The molecule has 166 valence electrons. The number of aromatic nitrogens is 2. The lowest BCUT2D eigenvalue weighted by Crippen LogP contribution is -2.29. The van der Waals surface area contributed by atoms with E-state index in [1.54, 1.807) is 11.1 Å². The fourth-order valence-electron chi connectivity index (χ4n) is 3.72. The van der Waals surface area contributed by atoms with Crippen LogP contribution in [-0.4, -0.2) is 34.9 Å². The highest BCUT2D eigenvalue weighted by molar-refractivity contribution is 5.98. The van der Waals surface area contributed by atoms with Crippen molar-refractivity contribution in [1.29, 1.82) is 0 Å². The van der Waals surface area contributed by atoms with Crippen molar-refractivity contribution in [2.24, 2.45) is 0 Å². The van der Waals surface area contributed by atoms with E-state index in [1.807, 2.05) is 98.7 Å². The summed E-state index contributed by atoms with van der Waals surface area (Å²) in [4.78, 5) is 26.6. The van der Waals surface area contributed by atoms with Crippen LogP contribution in [0.25, 0.3) is 11.4 Å². The van der Waals surface area contributed by atoms with Gasteiger partial charge in [-0.3, -0.25) is 4.79 Å². The van der Waals surface area contributed by atoms with Crippen molar-refractivity contribution in [3.8, 4) is 11.4 Å². The van der Waals surface area contributed by atoms with E-state index in [9.17, 15) is 4.79 Å². The van der Waals surface area contributed by atoms with Crippen molar-refractivity contribution in [2.45, 2.75) is 20.0 Å². The molecule has 4 aromatic rings. The van der Waals surface area contributed by atoms with Crippen molar-refractivity contribution in [2.75, 3.05) is 19.0 Å². The molecule has 0 aliphatic heterocycles. The number of anilines is 1. The van der Waals surface area contributed by atoms with Crippen molar-refractivity contribution in [3.05, 3.63) is 113 Å². The van der Waals surface area contributed by atoms with E-state index in [4.69, 9.17) is 4.98 Å². The summed E-state index contributed by atoms with van der Waals surface area (Å²) in [5.74, 6) is 1.12. The molecule has 0 spiro atoms. The summed E-state index contributed by atoms with van der Waals surface area (Å²) >= 11 is 0. The lowest BCUT2D eigenvalue weighted by molar-refractivity contribution is 0.0785. The minimum absolute atomic E-state index is 0.107. The first-order valence-corrected chi connectivity index (χ1v) is 11.0. The number of carbonyl (C=O) groups is 1. The third-order valence-electron chi connectivity index (χ3n) is 5.54. The normalized spacial score (nSPS) is 10.6. The molecule has 0 aliphatic rings. The summed E-state index contributed by atoms with van der Waals surface area (Å²) in [5.41, 5.74) is 4.81. The molecule has 5 nitrogen and oxygen atoms in total. The van der Waals surface area contributed by atoms with E-state index in [-0.39, 0.29) is 5.91 Å². The Labute approximate surface area is 195 Å².